The van der Waals surface area contributed by atoms with E-state index in [1.807, 2.05) is 0 Å². The second-order valence-electron chi connectivity index (χ2n) is 4.57. The summed E-state index contributed by atoms with van der Waals surface area (Å²) in [5.74, 6) is -1.20. The van der Waals surface area contributed by atoms with Crippen molar-refractivity contribution in [3.63, 3.8) is 0 Å². The Morgan fingerprint density at radius 3 is 2.54 bits per heavy atom. The van der Waals surface area contributed by atoms with Crippen molar-refractivity contribution in [1.82, 2.24) is 4.98 Å². The molecule has 1 heterocycles. The monoisotopic (exact) mass is 359 g/mol. The zero-order chi connectivity index (χ0) is 17.7. The van der Waals surface area contributed by atoms with E-state index in [4.69, 9.17) is 4.74 Å². The van der Waals surface area contributed by atoms with E-state index < -0.39 is 18.4 Å². The van der Waals surface area contributed by atoms with Crippen molar-refractivity contribution in [3.05, 3.63) is 58.6 Å². The summed E-state index contributed by atoms with van der Waals surface area (Å²) in [5, 5.41) is 11.9. The number of halogens is 3. The van der Waals surface area contributed by atoms with Crippen LogP contribution in [-0.4, -0.2) is 22.4 Å². The fourth-order valence-corrected chi connectivity index (χ4v) is 2.31. The molecule has 0 saturated carbocycles. The summed E-state index contributed by atoms with van der Waals surface area (Å²) in [4.78, 5) is 15.7. The lowest BCUT2D eigenvalue weighted by atomic mass is 10.2. The smallest absolute Gasteiger partial charge is 0.457 e. The van der Waals surface area contributed by atoms with Gasteiger partial charge < -0.3 is 14.6 Å². The number of carbonyl (C=O) groups excluding carboxylic acids is 1. The highest BCUT2D eigenvalue weighted by atomic mass is 32.1. The summed E-state index contributed by atoms with van der Waals surface area (Å²) >= 11 is 1.16. The van der Waals surface area contributed by atoms with Gasteiger partial charge in [-0.15, -0.1) is 24.5 Å². The average Bonchev–Trinajstić information content (AvgIpc) is 3.05. The van der Waals surface area contributed by atoms with E-state index >= 15 is 0 Å². The number of ether oxygens (including phenoxy) is 2. The molecular formula is C15H12F3NO4S. The molecule has 0 fully saturated rings. The van der Waals surface area contributed by atoms with E-state index in [-0.39, 0.29) is 17.9 Å². The molecule has 0 spiro atoms. The second kappa shape index (κ2) is 7.45. The molecule has 1 atom stereocenters. The van der Waals surface area contributed by atoms with E-state index in [2.05, 4.69) is 16.3 Å². The van der Waals surface area contributed by atoms with E-state index in [1.165, 1.54) is 18.3 Å². The molecule has 5 nitrogen and oxygen atoms in total. The second-order valence-corrected chi connectivity index (χ2v) is 5.49. The molecule has 9 heteroatoms. The van der Waals surface area contributed by atoms with Crippen LogP contribution in [0.2, 0.25) is 0 Å². The number of hydrogen-bond acceptors (Lipinski definition) is 6. The molecule has 1 unspecified atom stereocenters. The number of aliphatic hydroxyl groups is 1. The molecule has 0 bridgehead atoms. The average molecular weight is 359 g/mol. The molecule has 1 aromatic carbocycles. The van der Waals surface area contributed by atoms with E-state index in [9.17, 15) is 23.1 Å². The van der Waals surface area contributed by atoms with Crippen LogP contribution in [0.5, 0.6) is 5.75 Å². The number of esters is 1. The Hall–Kier alpha value is -2.39. The van der Waals surface area contributed by atoms with Gasteiger partial charge in [0.25, 0.3) is 0 Å². The van der Waals surface area contributed by atoms with Crippen LogP contribution in [0, 0.1) is 0 Å². The molecule has 2 aromatic rings. The minimum atomic E-state index is -4.77. The summed E-state index contributed by atoms with van der Waals surface area (Å²) in [7, 11) is 0. The molecule has 0 radical (unpaired) electrons. The Bertz CT molecular complexity index is 699. The Kier molecular flexibility index (Phi) is 5.58. The van der Waals surface area contributed by atoms with Crippen molar-refractivity contribution < 1.29 is 32.5 Å². The molecular weight excluding hydrogens is 347 g/mol. The molecule has 2 rings (SSSR count). The predicted molar refractivity (Wildman–Crippen MR) is 79.1 cm³/mol. The minimum absolute atomic E-state index is 0.179. The molecule has 24 heavy (non-hydrogen) atoms. The highest BCUT2D eigenvalue weighted by Gasteiger charge is 2.31. The van der Waals surface area contributed by atoms with E-state index in [1.54, 1.807) is 5.38 Å². The lowest BCUT2D eigenvalue weighted by molar-refractivity contribution is -0.274. The summed E-state index contributed by atoms with van der Waals surface area (Å²) in [6.07, 6.45) is -4.55. The molecule has 0 saturated heterocycles. The Morgan fingerprint density at radius 2 is 2.00 bits per heavy atom. The summed E-state index contributed by atoms with van der Waals surface area (Å²) in [5.41, 5.74) is 0.274. The number of aromatic nitrogens is 1. The normalized spacial score (nSPS) is 12.5. The van der Waals surface area contributed by atoms with Crippen molar-refractivity contribution in [2.75, 3.05) is 0 Å². The topological polar surface area (TPSA) is 68.7 Å². The maximum absolute atomic E-state index is 12.0. The van der Waals surface area contributed by atoms with Crippen LogP contribution in [0.15, 0.2) is 48.0 Å². The Balaban J connectivity index is 1.88. The molecule has 0 aliphatic heterocycles. The van der Waals surface area contributed by atoms with Gasteiger partial charge in [-0.3, -0.25) is 0 Å². The molecule has 128 valence electrons. The summed E-state index contributed by atoms with van der Waals surface area (Å²) < 4.78 is 44.8. The first-order chi connectivity index (χ1) is 11.3. The summed E-state index contributed by atoms with van der Waals surface area (Å²) in [6.45, 7) is 3.29. The first kappa shape index (κ1) is 18.0. The van der Waals surface area contributed by atoms with Crippen LogP contribution in [0.1, 0.15) is 16.7 Å². The van der Waals surface area contributed by atoms with Crippen molar-refractivity contribution in [1.29, 1.82) is 0 Å². The van der Waals surface area contributed by atoms with Crippen molar-refractivity contribution >= 4 is 17.3 Å². The molecule has 1 aromatic heterocycles. The van der Waals surface area contributed by atoms with Crippen molar-refractivity contribution in [3.8, 4) is 5.75 Å². The number of carbonyl (C=O) groups is 1. The first-order valence-corrected chi connectivity index (χ1v) is 7.42. The third-order valence-corrected chi connectivity index (χ3v) is 3.63. The number of aliphatic hydroxyl groups excluding tert-OH is 1. The highest BCUT2D eigenvalue weighted by molar-refractivity contribution is 7.09. The van der Waals surface area contributed by atoms with Crippen LogP contribution < -0.4 is 4.74 Å². The van der Waals surface area contributed by atoms with Gasteiger partial charge in [0.15, 0.2) is 0 Å². The zero-order valence-electron chi connectivity index (χ0n) is 12.1. The first-order valence-electron chi connectivity index (χ1n) is 6.54. The Morgan fingerprint density at radius 1 is 1.33 bits per heavy atom. The van der Waals surface area contributed by atoms with Crippen LogP contribution in [0.4, 0.5) is 13.2 Å². The zero-order valence-corrected chi connectivity index (χ0v) is 12.9. The van der Waals surface area contributed by atoms with Gasteiger partial charge in [0.05, 0.1) is 5.57 Å². The molecule has 0 aliphatic carbocycles. The van der Waals surface area contributed by atoms with Crippen molar-refractivity contribution in [2.24, 2.45) is 0 Å². The van der Waals surface area contributed by atoms with Gasteiger partial charge in [-0.1, -0.05) is 18.7 Å². The number of alkyl halides is 3. The lowest BCUT2D eigenvalue weighted by Gasteiger charge is -2.12. The van der Waals surface area contributed by atoms with Gasteiger partial charge >= 0.3 is 12.3 Å². The lowest BCUT2D eigenvalue weighted by Crippen LogP contribution is -2.17. The van der Waals surface area contributed by atoms with Crippen LogP contribution in [0.3, 0.4) is 0 Å². The fraction of sp³-hybridized carbons (Fsp3) is 0.200. The Labute approximate surface area is 139 Å². The number of thiazole rings is 1. The van der Waals surface area contributed by atoms with Gasteiger partial charge in [0, 0.05) is 11.6 Å². The largest absolute Gasteiger partial charge is 0.573 e. The summed E-state index contributed by atoms with van der Waals surface area (Å²) in [6, 6.07) is 4.87. The predicted octanol–water partition coefficient (Wildman–Crippen LogP) is 3.37. The van der Waals surface area contributed by atoms with Crippen molar-refractivity contribution in [2.45, 2.75) is 19.1 Å². The third-order valence-electron chi connectivity index (χ3n) is 2.80. The van der Waals surface area contributed by atoms with Crippen LogP contribution in [0.25, 0.3) is 0 Å². The van der Waals surface area contributed by atoms with Gasteiger partial charge in [0.1, 0.15) is 23.5 Å². The van der Waals surface area contributed by atoms with E-state index in [0.29, 0.717) is 10.6 Å². The quantitative estimate of drug-likeness (QED) is 0.633. The van der Waals surface area contributed by atoms with Gasteiger partial charge in [-0.05, 0) is 17.7 Å². The minimum Gasteiger partial charge on any atom is -0.457 e. The molecule has 1 N–H and O–H groups in total. The standard InChI is InChI=1S/C15H12F3NO4S/c1-9(12(20)13-19-6-7-24-13)14(21)22-8-10-2-4-11(5-3-10)23-15(16,17)18/h2-7,12,20H,1,8H2. The maximum Gasteiger partial charge on any atom is 0.573 e. The number of benzene rings is 1. The fourth-order valence-electron chi connectivity index (χ4n) is 1.66. The maximum atomic E-state index is 12.0. The molecule has 0 aliphatic rings. The third kappa shape index (κ3) is 5.07. The SMILES string of the molecule is C=C(C(=O)OCc1ccc(OC(F)(F)F)cc1)C(O)c1nccs1. The van der Waals surface area contributed by atoms with Gasteiger partial charge in [-0.25, -0.2) is 9.78 Å². The van der Waals surface area contributed by atoms with Crippen LogP contribution in [-0.2, 0) is 16.1 Å². The molecule has 0 amide bonds. The van der Waals surface area contributed by atoms with Gasteiger partial charge in [-0.2, -0.15) is 0 Å². The highest BCUT2D eigenvalue weighted by Crippen LogP contribution is 2.24. The number of hydrogen-bond donors (Lipinski definition) is 1. The van der Waals surface area contributed by atoms with Gasteiger partial charge in [0.2, 0.25) is 0 Å². The van der Waals surface area contributed by atoms with E-state index in [0.717, 1.165) is 23.5 Å². The number of rotatable bonds is 6. The number of nitrogens with zero attached hydrogens (tertiary/aromatic N) is 1. The van der Waals surface area contributed by atoms with Crippen LogP contribution >= 0.6 is 11.3 Å².